The first-order valence-electron chi connectivity index (χ1n) is 9.53. The zero-order valence-corrected chi connectivity index (χ0v) is 19.4. The molecule has 1 heterocycles. The van der Waals surface area contributed by atoms with E-state index in [1.54, 1.807) is 24.3 Å². The van der Waals surface area contributed by atoms with Gasteiger partial charge in [-0.3, -0.25) is 4.79 Å². The van der Waals surface area contributed by atoms with Gasteiger partial charge in [-0.25, -0.2) is 4.98 Å². The number of hydrogen-bond acceptors (Lipinski definition) is 4. The van der Waals surface area contributed by atoms with Crippen LogP contribution in [0.25, 0.3) is 11.0 Å². The quantitative estimate of drug-likeness (QED) is 0.453. The number of amides is 1. The highest BCUT2D eigenvalue weighted by atomic mass is 35.5. The van der Waals surface area contributed by atoms with Gasteiger partial charge >= 0.3 is 10.5 Å². The van der Waals surface area contributed by atoms with Crippen LogP contribution in [0.2, 0.25) is 10.0 Å². The van der Waals surface area contributed by atoms with Crippen LogP contribution in [-0.2, 0) is 17.0 Å². The van der Waals surface area contributed by atoms with Gasteiger partial charge in [0.25, 0.3) is 5.91 Å². The molecule has 2 aromatic carbocycles. The normalized spacial score (nSPS) is 10.4. The second-order valence-electron chi connectivity index (χ2n) is 6.65. The largest absolute Gasteiger partial charge is 0.324 e. The fourth-order valence-corrected chi connectivity index (χ4v) is 3.58. The van der Waals surface area contributed by atoms with Crippen molar-refractivity contribution in [3.63, 3.8) is 0 Å². The molecule has 1 amide bonds. The summed E-state index contributed by atoms with van der Waals surface area (Å²) in [7, 11) is -2.79. The van der Waals surface area contributed by atoms with Crippen molar-refractivity contribution in [1.82, 2.24) is 9.55 Å². The summed E-state index contributed by atoms with van der Waals surface area (Å²) >= 11 is 12.2. The minimum absolute atomic E-state index is 0.167. The third kappa shape index (κ3) is 6.39. The number of nitrogens with zero attached hydrogens (tertiary/aromatic N) is 3. The van der Waals surface area contributed by atoms with E-state index < -0.39 is 16.4 Å². The number of halogens is 2. The van der Waals surface area contributed by atoms with Crippen molar-refractivity contribution in [2.75, 3.05) is 0 Å². The van der Waals surface area contributed by atoms with Crippen LogP contribution in [-0.4, -0.2) is 23.9 Å². The Morgan fingerprint density at radius 2 is 1.80 bits per heavy atom. The number of benzene rings is 2. The third-order valence-corrected chi connectivity index (χ3v) is 5.30. The van der Waals surface area contributed by atoms with E-state index in [1.807, 2.05) is 17.6 Å². The first-order chi connectivity index (χ1) is 14.3. The number of rotatable bonds is 5. The van der Waals surface area contributed by atoms with Gasteiger partial charge in [-0.15, -0.1) is 0 Å². The van der Waals surface area contributed by atoms with Crippen molar-refractivity contribution < 1.29 is 13.2 Å². The number of aromatic nitrogens is 2. The van der Waals surface area contributed by atoms with Gasteiger partial charge in [0.15, 0.2) is 0 Å². The first kappa shape index (κ1) is 24.1. The second-order valence-corrected chi connectivity index (χ2v) is 8.11. The average molecular weight is 468 g/mol. The average Bonchev–Trinajstić information content (AvgIpc) is 2.99. The molecule has 0 atom stereocenters. The molecular formula is C21H23Cl2N3O3S. The van der Waals surface area contributed by atoms with E-state index in [-0.39, 0.29) is 5.56 Å². The van der Waals surface area contributed by atoms with Crippen molar-refractivity contribution in [3.05, 3.63) is 63.4 Å². The lowest BCUT2D eigenvalue weighted by Gasteiger charge is -2.09. The highest BCUT2D eigenvalue weighted by molar-refractivity contribution is 7.62. The number of aryl methyl sites for hydroxylation is 1. The lowest BCUT2D eigenvalue weighted by molar-refractivity contribution is 0.100. The Balaban J connectivity index is 0.000000575. The molecule has 0 fully saturated rings. The zero-order chi connectivity index (χ0) is 22.3. The summed E-state index contributed by atoms with van der Waals surface area (Å²) in [6.45, 7) is 6.69. The summed E-state index contributed by atoms with van der Waals surface area (Å²) in [5, 5.41) is 1.07. The summed E-state index contributed by atoms with van der Waals surface area (Å²) < 4.78 is 26.1. The molecule has 0 aliphatic rings. The lowest BCUT2D eigenvalue weighted by atomic mass is 10.2. The van der Waals surface area contributed by atoms with E-state index in [0.29, 0.717) is 27.6 Å². The van der Waals surface area contributed by atoms with Crippen molar-refractivity contribution in [2.45, 2.75) is 46.6 Å². The summed E-state index contributed by atoms with van der Waals surface area (Å²) in [4.78, 5) is 16.3. The molecule has 9 heteroatoms. The molecular weight excluding hydrogens is 445 g/mol. The Morgan fingerprint density at radius 1 is 1.10 bits per heavy atom. The maximum atomic E-state index is 11.8. The molecule has 160 valence electrons. The van der Waals surface area contributed by atoms with Crippen LogP contribution in [0.15, 0.2) is 40.8 Å². The number of imidazole rings is 1. The SMILES string of the molecule is CCCCC.Cc1nc2ccc(C(=O)N=S(=O)=O)cc2n1Cc1ccc(Cl)cc1Cl. The Morgan fingerprint density at radius 3 is 2.37 bits per heavy atom. The monoisotopic (exact) mass is 467 g/mol. The first-order valence-corrected chi connectivity index (χ1v) is 11.3. The van der Waals surface area contributed by atoms with E-state index in [4.69, 9.17) is 23.2 Å². The van der Waals surface area contributed by atoms with Gasteiger partial charge in [0, 0.05) is 15.6 Å². The van der Waals surface area contributed by atoms with Crippen LogP contribution in [0.1, 0.15) is 54.9 Å². The molecule has 30 heavy (non-hydrogen) atoms. The Kier molecular flexibility index (Phi) is 9.02. The molecule has 0 aliphatic heterocycles. The van der Waals surface area contributed by atoms with E-state index in [0.717, 1.165) is 11.4 Å². The van der Waals surface area contributed by atoms with E-state index in [2.05, 4.69) is 23.2 Å². The van der Waals surface area contributed by atoms with E-state index in [1.165, 1.54) is 25.3 Å². The van der Waals surface area contributed by atoms with Gasteiger partial charge in [-0.2, -0.15) is 8.42 Å². The summed E-state index contributed by atoms with van der Waals surface area (Å²) in [5.41, 5.74) is 2.37. The van der Waals surface area contributed by atoms with E-state index >= 15 is 0 Å². The van der Waals surface area contributed by atoms with Gasteiger partial charge in [-0.05, 0) is 42.8 Å². The minimum atomic E-state index is -2.79. The lowest BCUT2D eigenvalue weighted by Crippen LogP contribution is -2.03. The predicted molar refractivity (Wildman–Crippen MR) is 121 cm³/mol. The third-order valence-electron chi connectivity index (χ3n) is 4.39. The molecule has 1 aromatic heterocycles. The highest BCUT2D eigenvalue weighted by Gasteiger charge is 2.13. The molecule has 6 nitrogen and oxygen atoms in total. The molecule has 0 unspecified atom stereocenters. The summed E-state index contributed by atoms with van der Waals surface area (Å²) in [5.74, 6) is -0.0971. The van der Waals surface area contributed by atoms with Crippen molar-refractivity contribution in [1.29, 1.82) is 0 Å². The van der Waals surface area contributed by atoms with Crippen LogP contribution in [0.3, 0.4) is 0 Å². The van der Waals surface area contributed by atoms with Gasteiger partial charge in [0.1, 0.15) is 5.82 Å². The smallest absolute Gasteiger partial charge is 0.319 e. The number of unbranched alkanes of at least 4 members (excludes halogenated alkanes) is 2. The number of fused-ring (bicyclic) bond motifs is 1. The van der Waals surface area contributed by atoms with Crippen LogP contribution < -0.4 is 0 Å². The Hall–Kier alpha value is -2.22. The van der Waals surface area contributed by atoms with Crippen molar-refractivity contribution in [3.8, 4) is 0 Å². The molecule has 0 spiro atoms. The van der Waals surface area contributed by atoms with Crippen LogP contribution in [0.4, 0.5) is 0 Å². The summed E-state index contributed by atoms with van der Waals surface area (Å²) in [6, 6.07) is 9.93. The van der Waals surface area contributed by atoms with Crippen molar-refractivity contribution in [2.24, 2.45) is 4.36 Å². The maximum Gasteiger partial charge on any atom is 0.319 e. The predicted octanol–water partition coefficient (Wildman–Crippen LogP) is 6.10. The summed E-state index contributed by atoms with van der Waals surface area (Å²) in [6.07, 6.45) is 4.08. The standard InChI is InChI=1S/C16H11Cl2N3O3S.C5H12/c1-9-19-14-5-3-10(16(22)20-25(23)24)6-15(14)21(9)8-11-2-4-12(17)7-13(11)18;1-3-5-4-2/h2-7H,8H2,1H3;3-5H2,1-2H3. The molecule has 0 N–H and O–H groups in total. The van der Waals surface area contributed by atoms with Crippen LogP contribution >= 0.6 is 23.2 Å². The fourth-order valence-electron chi connectivity index (χ4n) is 2.87. The van der Waals surface area contributed by atoms with Gasteiger partial charge in [0.2, 0.25) is 0 Å². The molecule has 3 rings (SSSR count). The number of carbonyl (C=O) groups excluding carboxylic acids is 1. The van der Waals surface area contributed by atoms with Gasteiger partial charge in [0.05, 0.1) is 17.6 Å². The molecule has 0 saturated carbocycles. The maximum absolute atomic E-state index is 11.8. The minimum Gasteiger partial charge on any atom is -0.324 e. The second kappa shape index (κ2) is 11.2. The fraction of sp³-hybridized carbons (Fsp3) is 0.333. The molecule has 0 saturated heterocycles. The van der Waals surface area contributed by atoms with Crippen molar-refractivity contribution >= 4 is 50.6 Å². The molecule has 0 bridgehead atoms. The highest BCUT2D eigenvalue weighted by Crippen LogP contribution is 2.25. The number of hydrogen-bond donors (Lipinski definition) is 0. The Labute approximate surface area is 187 Å². The van der Waals surface area contributed by atoms with Gasteiger partial charge < -0.3 is 4.57 Å². The number of carbonyl (C=O) groups is 1. The topological polar surface area (TPSA) is 81.4 Å². The van der Waals surface area contributed by atoms with E-state index in [9.17, 15) is 13.2 Å². The molecule has 0 radical (unpaired) electrons. The van der Waals surface area contributed by atoms with Crippen LogP contribution in [0, 0.1) is 6.92 Å². The molecule has 0 aliphatic carbocycles. The zero-order valence-electron chi connectivity index (χ0n) is 17.0. The van der Waals surface area contributed by atoms with Gasteiger partial charge in [-0.1, -0.05) is 66.7 Å². The van der Waals surface area contributed by atoms with Crippen LogP contribution in [0.5, 0.6) is 0 Å². The Bertz CT molecular complexity index is 1180. The molecule has 3 aromatic rings.